The van der Waals surface area contributed by atoms with E-state index in [1.807, 2.05) is 6.07 Å². The number of nitriles is 1. The maximum absolute atomic E-state index is 11.0. The average Bonchev–Trinajstić information content (AvgIpc) is 2.15. The minimum absolute atomic E-state index is 0.0110. The highest BCUT2D eigenvalue weighted by Gasteiger charge is 2.16. The second kappa shape index (κ2) is 4.58. The molecule has 0 saturated carbocycles. The highest BCUT2D eigenvalue weighted by atomic mass is 35.7. The Balaban J connectivity index is 3.54. The summed E-state index contributed by atoms with van der Waals surface area (Å²) in [5, 5.41) is 8.77. The van der Waals surface area contributed by atoms with Gasteiger partial charge >= 0.3 is 0 Å². The van der Waals surface area contributed by atoms with E-state index in [1.54, 1.807) is 0 Å². The standard InChI is InChI=1S/C8H4Cl3NO2S/c9-3-5-1-6(15(11,13)14)2-8(10)7(5)4-12/h1-2H,3H2. The van der Waals surface area contributed by atoms with E-state index in [4.69, 9.17) is 39.1 Å². The van der Waals surface area contributed by atoms with Crippen molar-refractivity contribution in [3.8, 4) is 6.07 Å². The lowest BCUT2D eigenvalue weighted by atomic mass is 10.1. The van der Waals surface area contributed by atoms with E-state index in [-0.39, 0.29) is 21.4 Å². The summed E-state index contributed by atoms with van der Waals surface area (Å²) in [6.45, 7) is 0. The average molecular weight is 285 g/mol. The molecular weight excluding hydrogens is 281 g/mol. The molecule has 0 aliphatic heterocycles. The van der Waals surface area contributed by atoms with Gasteiger partial charge in [0.15, 0.2) is 0 Å². The van der Waals surface area contributed by atoms with Crippen LogP contribution in [0.25, 0.3) is 0 Å². The Hall–Kier alpha value is -0.470. The van der Waals surface area contributed by atoms with Crippen molar-refractivity contribution < 1.29 is 8.42 Å². The number of rotatable bonds is 2. The lowest BCUT2D eigenvalue weighted by molar-refractivity contribution is 0.609. The van der Waals surface area contributed by atoms with E-state index in [9.17, 15) is 8.42 Å². The second-order valence-electron chi connectivity index (χ2n) is 2.62. The van der Waals surface area contributed by atoms with E-state index in [1.165, 1.54) is 6.07 Å². The summed E-state index contributed by atoms with van der Waals surface area (Å²) in [4.78, 5) is -0.163. The fourth-order valence-corrected chi connectivity index (χ4v) is 2.37. The summed E-state index contributed by atoms with van der Waals surface area (Å²) in [5.74, 6) is -0.0110. The molecule has 7 heteroatoms. The third-order valence-corrected chi connectivity index (χ3v) is 3.60. The predicted octanol–water partition coefficient (Wildman–Crippen LogP) is 2.88. The molecule has 1 rings (SSSR count). The Kier molecular flexibility index (Phi) is 3.85. The van der Waals surface area contributed by atoms with Crippen molar-refractivity contribution in [1.82, 2.24) is 0 Å². The molecule has 0 bridgehead atoms. The number of hydrogen-bond acceptors (Lipinski definition) is 3. The van der Waals surface area contributed by atoms with Crippen LogP contribution >= 0.6 is 33.9 Å². The topological polar surface area (TPSA) is 57.9 Å². The van der Waals surface area contributed by atoms with E-state index in [0.717, 1.165) is 6.07 Å². The highest BCUT2D eigenvalue weighted by Crippen LogP contribution is 2.27. The summed E-state index contributed by atoms with van der Waals surface area (Å²) in [6.07, 6.45) is 0. The molecule has 0 fully saturated rings. The highest BCUT2D eigenvalue weighted by molar-refractivity contribution is 8.13. The quantitative estimate of drug-likeness (QED) is 0.620. The van der Waals surface area contributed by atoms with Crippen LogP contribution in [0.15, 0.2) is 17.0 Å². The number of halogens is 3. The van der Waals surface area contributed by atoms with Crippen molar-refractivity contribution >= 4 is 42.9 Å². The largest absolute Gasteiger partial charge is 0.261 e. The molecule has 0 N–H and O–H groups in total. The fraction of sp³-hybridized carbons (Fsp3) is 0.125. The molecule has 0 saturated heterocycles. The van der Waals surface area contributed by atoms with Crippen molar-refractivity contribution in [3.63, 3.8) is 0 Å². The summed E-state index contributed by atoms with van der Waals surface area (Å²) in [6, 6.07) is 4.20. The third kappa shape index (κ3) is 2.76. The van der Waals surface area contributed by atoms with Crippen molar-refractivity contribution in [1.29, 1.82) is 5.26 Å². The van der Waals surface area contributed by atoms with Gasteiger partial charge in [0.2, 0.25) is 0 Å². The van der Waals surface area contributed by atoms with Crippen LogP contribution in [0.1, 0.15) is 11.1 Å². The molecule has 0 unspecified atom stereocenters. The molecule has 3 nitrogen and oxygen atoms in total. The van der Waals surface area contributed by atoms with E-state index < -0.39 is 9.05 Å². The third-order valence-electron chi connectivity index (χ3n) is 1.68. The van der Waals surface area contributed by atoms with Gasteiger partial charge < -0.3 is 0 Å². The molecule has 0 atom stereocenters. The van der Waals surface area contributed by atoms with Crippen LogP contribution in [-0.4, -0.2) is 8.42 Å². The first-order valence-corrected chi connectivity index (χ1v) is 6.85. The molecule has 1 aromatic carbocycles. The predicted molar refractivity (Wildman–Crippen MR) is 58.8 cm³/mol. The van der Waals surface area contributed by atoms with Gasteiger partial charge in [-0.05, 0) is 17.7 Å². The minimum atomic E-state index is -3.86. The van der Waals surface area contributed by atoms with E-state index >= 15 is 0 Å². The Morgan fingerprint density at radius 2 is 2.00 bits per heavy atom. The van der Waals surface area contributed by atoms with Crippen molar-refractivity contribution in [3.05, 3.63) is 28.3 Å². The monoisotopic (exact) mass is 283 g/mol. The summed E-state index contributed by atoms with van der Waals surface area (Å²) >= 11 is 11.3. The molecule has 0 heterocycles. The first-order chi connectivity index (χ1) is 6.90. The van der Waals surface area contributed by atoms with Crippen LogP contribution in [0.5, 0.6) is 0 Å². The molecular formula is C8H4Cl3NO2S. The SMILES string of the molecule is N#Cc1c(Cl)cc(S(=O)(=O)Cl)cc1CCl. The minimum Gasteiger partial charge on any atom is -0.207 e. The van der Waals surface area contributed by atoms with Crippen LogP contribution < -0.4 is 0 Å². The van der Waals surface area contributed by atoms with Crippen LogP contribution in [0, 0.1) is 11.3 Å². The Bertz CT molecular complexity index is 534. The van der Waals surface area contributed by atoms with Crippen molar-refractivity contribution in [2.45, 2.75) is 10.8 Å². The summed E-state index contributed by atoms with van der Waals surface area (Å²) in [5.41, 5.74) is 0.502. The van der Waals surface area contributed by atoms with Gasteiger partial charge in [-0.1, -0.05) is 11.6 Å². The van der Waals surface area contributed by atoms with Gasteiger partial charge in [0.25, 0.3) is 9.05 Å². The van der Waals surface area contributed by atoms with Crippen molar-refractivity contribution in [2.75, 3.05) is 0 Å². The van der Waals surface area contributed by atoms with Gasteiger partial charge in [-0.15, -0.1) is 11.6 Å². The lowest BCUT2D eigenvalue weighted by Gasteiger charge is -2.04. The Morgan fingerprint density at radius 1 is 1.40 bits per heavy atom. The van der Waals surface area contributed by atoms with Gasteiger partial charge in [-0.3, -0.25) is 0 Å². The number of nitrogens with zero attached hydrogens (tertiary/aromatic N) is 1. The maximum atomic E-state index is 11.0. The van der Waals surface area contributed by atoms with Crippen LogP contribution in [0.4, 0.5) is 0 Å². The van der Waals surface area contributed by atoms with E-state index in [2.05, 4.69) is 0 Å². The van der Waals surface area contributed by atoms with Gasteiger partial charge in [-0.2, -0.15) is 5.26 Å². The van der Waals surface area contributed by atoms with Gasteiger partial charge in [0.1, 0.15) is 6.07 Å². The smallest absolute Gasteiger partial charge is 0.207 e. The molecule has 0 aliphatic rings. The van der Waals surface area contributed by atoms with Crippen LogP contribution in [-0.2, 0) is 14.9 Å². The second-order valence-corrected chi connectivity index (χ2v) is 5.86. The molecule has 80 valence electrons. The zero-order valence-electron chi connectivity index (χ0n) is 7.17. The normalized spacial score (nSPS) is 11.1. The molecule has 0 aliphatic carbocycles. The molecule has 1 aromatic rings. The molecule has 0 radical (unpaired) electrons. The van der Waals surface area contributed by atoms with Crippen molar-refractivity contribution in [2.24, 2.45) is 0 Å². The maximum Gasteiger partial charge on any atom is 0.261 e. The summed E-state index contributed by atoms with van der Waals surface area (Å²) in [7, 11) is 1.28. The molecule has 15 heavy (non-hydrogen) atoms. The van der Waals surface area contributed by atoms with Crippen LogP contribution in [0.2, 0.25) is 5.02 Å². The Labute approximate surface area is 102 Å². The first kappa shape index (κ1) is 12.6. The zero-order valence-corrected chi connectivity index (χ0v) is 10.3. The molecule has 0 spiro atoms. The molecule has 0 aromatic heterocycles. The van der Waals surface area contributed by atoms with Gasteiger partial charge in [0.05, 0.1) is 15.5 Å². The first-order valence-electron chi connectivity index (χ1n) is 3.63. The molecule has 0 amide bonds. The Morgan fingerprint density at radius 3 is 2.40 bits per heavy atom. The lowest BCUT2D eigenvalue weighted by Crippen LogP contribution is -1.96. The van der Waals surface area contributed by atoms with Gasteiger partial charge in [0, 0.05) is 16.6 Å². The number of benzene rings is 1. The van der Waals surface area contributed by atoms with Crippen LogP contribution in [0.3, 0.4) is 0 Å². The fourth-order valence-electron chi connectivity index (χ4n) is 1.01. The summed E-state index contributed by atoms with van der Waals surface area (Å²) < 4.78 is 22.1. The van der Waals surface area contributed by atoms with E-state index in [0.29, 0.717) is 5.56 Å². The zero-order chi connectivity index (χ0) is 11.6. The number of hydrogen-bond donors (Lipinski definition) is 0. The number of alkyl halides is 1. The van der Waals surface area contributed by atoms with Gasteiger partial charge in [-0.25, -0.2) is 8.42 Å².